The number of carboxylic acids is 1. The number of carbonyl (C=O) groups excluding carboxylic acids is 1. The van der Waals surface area contributed by atoms with Gasteiger partial charge in [0.05, 0.1) is 5.39 Å². The van der Waals surface area contributed by atoms with Crippen LogP contribution < -0.4 is 10.6 Å². The van der Waals surface area contributed by atoms with Crippen molar-refractivity contribution in [2.45, 2.75) is 25.8 Å². The van der Waals surface area contributed by atoms with Crippen molar-refractivity contribution in [1.29, 1.82) is 0 Å². The summed E-state index contributed by atoms with van der Waals surface area (Å²) in [5.74, 6) is -0.269. The van der Waals surface area contributed by atoms with Crippen molar-refractivity contribution in [3.05, 3.63) is 16.8 Å². The first-order valence-corrected chi connectivity index (χ1v) is 7.38. The second kappa shape index (κ2) is 5.28. The summed E-state index contributed by atoms with van der Waals surface area (Å²) in [5.41, 5.74) is 0.672. The van der Waals surface area contributed by atoms with Crippen molar-refractivity contribution < 1.29 is 14.7 Å². The van der Waals surface area contributed by atoms with Crippen LogP contribution in [-0.2, 0) is 4.79 Å². The zero-order valence-corrected chi connectivity index (χ0v) is 12.2. The fourth-order valence-electron chi connectivity index (χ4n) is 2.43. The van der Waals surface area contributed by atoms with Gasteiger partial charge in [0, 0.05) is 19.0 Å². The molecule has 0 aliphatic carbocycles. The number of nitrogens with zero attached hydrogens (tertiary/aromatic N) is 2. The summed E-state index contributed by atoms with van der Waals surface area (Å²) < 4.78 is 0. The summed E-state index contributed by atoms with van der Waals surface area (Å²) in [5, 5.41) is 16.0. The Hall–Kier alpha value is -2.22. The molecule has 1 aliphatic heterocycles. The smallest absolute Gasteiger partial charge is 0.346 e. The van der Waals surface area contributed by atoms with Gasteiger partial charge in [-0.15, -0.1) is 11.3 Å². The van der Waals surface area contributed by atoms with Crippen molar-refractivity contribution in [3.63, 3.8) is 0 Å². The molecule has 3 N–H and O–H groups in total. The minimum absolute atomic E-state index is 0.0563. The van der Waals surface area contributed by atoms with Crippen molar-refractivity contribution in [2.75, 3.05) is 11.9 Å². The third-order valence-electron chi connectivity index (χ3n) is 3.53. The molecule has 3 rings (SSSR count). The predicted octanol–water partition coefficient (Wildman–Crippen LogP) is 1.39. The van der Waals surface area contributed by atoms with E-state index in [1.165, 1.54) is 6.33 Å². The predicted molar refractivity (Wildman–Crippen MR) is 78.8 cm³/mol. The van der Waals surface area contributed by atoms with E-state index in [-0.39, 0.29) is 16.8 Å². The second-order valence-electron chi connectivity index (χ2n) is 4.95. The molecule has 7 nitrogen and oxygen atoms in total. The molecule has 1 unspecified atom stereocenters. The van der Waals surface area contributed by atoms with Gasteiger partial charge in [0.2, 0.25) is 5.91 Å². The summed E-state index contributed by atoms with van der Waals surface area (Å²) in [6.45, 7) is 2.30. The number of rotatable bonds is 3. The lowest BCUT2D eigenvalue weighted by Crippen LogP contribution is -2.42. The fraction of sp³-hybridized carbons (Fsp3) is 0.385. The zero-order valence-electron chi connectivity index (χ0n) is 11.3. The van der Waals surface area contributed by atoms with Crippen LogP contribution in [0.3, 0.4) is 0 Å². The Morgan fingerprint density at radius 2 is 2.33 bits per heavy atom. The van der Waals surface area contributed by atoms with Crippen LogP contribution in [0.15, 0.2) is 6.33 Å². The highest BCUT2D eigenvalue weighted by atomic mass is 32.1. The van der Waals surface area contributed by atoms with E-state index in [1.807, 2.05) is 0 Å². The normalized spacial score (nSPS) is 18.5. The van der Waals surface area contributed by atoms with Gasteiger partial charge in [-0.1, -0.05) is 0 Å². The molecule has 0 saturated carbocycles. The van der Waals surface area contributed by atoms with Crippen LogP contribution in [0, 0.1) is 6.92 Å². The van der Waals surface area contributed by atoms with E-state index in [4.69, 9.17) is 0 Å². The van der Waals surface area contributed by atoms with Crippen molar-refractivity contribution in [1.82, 2.24) is 15.3 Å². The SMILES string of the molecule is Cc1c(C(=O)O)sc2ncnc(NC3CCC(=O)NC3)c12. The maximum atomic E-state index is 11.2. The Labute approximate surface area is 124 Å². The van der Waals surface area contributed by atoms with Gasteiger partial charge in [-0.2, -0.15) is 0 Å². The molecule has 1 atom stereocenters. The number of nitrogens with one attached hydrogen (secondary N) is 2. The second-order valence-corrected chi connectivity index (χ2v) is 5.95. The Morgan fingerprint density at radius 3 is 3.00 bits per heavy atom. The average Bonchev–Trinajstić information content (AvgIpc) is 2.80. The summed E-state index contributed by atoms with van der Waals surface area (Å²) in [7, 11) is 0. The molecule has 3 heterocycles. The van der Waals surface area contributed by atoms with Crippen molar-refractivity contribution >= 4 is 39.2 Å². The van der Waals surface area contributed by atoms with Crippen LogP contribution in [0.1, 0.15) is 28.1 Å². The van der Waals surface area contributed by atoms with Gasteiger partial charge >= 0.3 is 5.97 Å². The average molecular weight is 306 g/mol. The number of hydrogen-bond acceptors (Lipinski definition) is 6. The van der Waals surface area contributed by atoms with Gasteiger partial charge in [-0.25, -0.2) is 14.8 Å². The number of aromatic carboxylic acids is 1. The molecular weight excluding hydrogens is 292 g/mol. The van der Waals surface area contributed by atoms with E-state index in [9.17, 15) is 14.7 Å². The monoisotopic (exact) mass is 306 g/mol. The first kappa shape index (κ1) is 13.7. The molecule has 0 spiro atoms. The van der Waals surface area contributed by atoms with E-state index in [0.29, 0.717) is 29.2 Å². The molecule has 0 aromatic carbocycles. The molecule has 8 heteroatoms. The third-order valence-corrected chi connectivity index (χ3v) is 4.72. The van der Waals surface area contributed by atoms with E-state index in [2.05, 4.69) is 20.6 Å². The molecule has 21 heavy (non-hydrogen) atoms. The maximum absolute atomic E-state index is 11.2. The van der Waals surface area contributed by atoms with Crippen LogP contribution in [0.25, 0.3) is 10.2 Å². The standard InChI is InChI=1S/C13H14N4O3S/c1-6-9-11(17-7-2-3-8(18)14-4-7)15-5-16-12(9)21-10(6)13(19)20/h5,7H,2-4H2,1H3,(H,14,18)(H,19,20)(H,15,16,17). The summed E-state index contributed by atoms with van der Waals surface area (Å²) in [6, 6.07) is 0.0911. The number of piperidine rings is 1. The molecule has 1 fully saturated rings. The number of aromatic nitrogens is 2. The van der Waals surface area contributed by atoms with Gasteiger partial charge in [-0.05, 0) is 18.9 Å². The molecule has 0 bridgehead atoms. The quantitative estimate of drug-likeness (QED) is 0.791. The van der Waals surface area contributed by atoms with Gasteiger partial charge in [0.15, 0.2) is 0 Å². The highest BCUT2D eigenvalue weighted by Gasteiger charge is 2.22. The van der Waals surface area contributed by atoms with Gasteiger partial charge in [0.25, 0.3) is 0 Å². The number of fused-ring (bicyclic) bond motifs is 1. The number of carbonyl (C=O) groups is 2. The van der Waals surface area contributed by atoms with E-state index in [1.54, 1.807) is 6.92 Å². The fourth-order valence-corrected chi connectivity index (χ4v) is 3.42. The molecule has 1 amide bonds. The number of anilines is 1. The topological polar surface area (TPSA) is 104 Å². The minimum Gasteiger partial charge on any atom is -0.477 e. The number of aryl methyl sites for hydroxylation is 1. The van der Waals surface area contributed by atoms with E-state index < -0.39 is 5.97 Å². The highest BCUT2D eigenvalue weighted by molar-refractivity contribution is 7.20. The summed E-state index contributed by atoms with van der Waals surface area (Å²) in [4.78, 5) is 31.7. The number of thiophene rings is 1. The summed E-state index contributed by atoms with van der Waals surface area (Å²) in [6.07, 6.45) is 2.63. The lowest BCUT2D eigenvalue weighted by atomic mass is 10.1. The van der Waals surface area contributed by atoms with Gasteiger partial charge < -0.3 is 15.7 Å². The van der Waals surface area contributed by atoms with E-state index in [0.717, 1.165) is 23.1 Å². The lowest BCUT2D eigenvalue weighted by Gasteiger charge is -2.24. The number of amides is 1. The molecular formula is C13H14N4O3S. The maximum Gasteiger partial charge on any atom is 0.346 e. The van der Waals surface area contributed by atoms with Crippen LogP contribution in [0.5, 0.6) is 0 Å². The Morgan fingerprint density at radius 1 is 1.52 bits per heavy atom. The zero-order chi connectivity index (χ0) is 15.0. The van der Waals surface area contributed by atoms with Gasteiger partial charge in [-0.3, -0.25) is 4.79 Å². The van der Waals surface area contributed by atoms with Crippen LogP contribution in [-0.4, -0.2) is 39.5 Å². The first-order valence-electron chi connectivity index (χ1n) is 6.57. The van der Waals surface area contributed by atoms with Crippen LogP contribution >= 0.6 is 11.3 Å². The molecule has 1 saturated heterocycles. The number of carboxylic acid groups (broad SMARTS) is 1. The highest BCUT2D eigenvalue weighted by Crippen LogP contribution is 2.33. The molecule has 0 radical (unpaired) electrons. The van der Waals surface area contributed by atoms with Gasteiger partial charge in [0.1, 0.15) is 21.9 Å². The van der Waals surface area contributed by atoms with Crippen molar-refractivity contribution in [2.24, 2.45) is 0 Å². The van der Waals surface area contributed by atoms with Crippen LogP contribution in [0.2, 0.25) is 0 Å². The third kappa shape index (κ3) is 2.54. The first-order chi connectivity index (χ1) is 10.1. The van der Waals surface area contributed by atoms with Crippen LogP contribution in [0.4, 0.5) is 5.82 Å². The Kier molecular flexibility index (Phi) is 3.46. The largest absolute Gasteiger partial charge is 0.477 e. The Balaban J connectivity index is 1.95. The Bertz CT molecular complexity index is 718. The molecule has 2 aromatic rings. The molecule has 1 aliphatic rings. The molecule has 2 aromatic heterocycles. The van der Waals surface area contributed by atoms with Crippen molar-refractivity contribution in [3.8, 4) is 0 Å². The van der Waals surface area contributed by atoms with E-state index >= 15 is 0 Å². The lowest BCUT2D eigenvalue weighted by molar-refractivity contribution is -0.122. The molecule has 110 valence electrons. The summed E-state index contributed by atoms with van der Waals surface area (Å²) >= 11 is 1.15. The number of hydrogen-bond donors (Lipinski definition) is 3. The minimum atomic E-state index is -0.952.